The summed E-state index contributed by atoms with van der Waals surface area (Å²) in [6, 6.07) is 17.5. The fourth-order valence-electron chi connectivity index (χ4n) is 1.90. The third kappa shape index (κ3) is 3.68. The molecule has 4 heteroatoms. The highest BCUT2D eigenvalue weighted by Gasteiger charge is 2.19. The van der Waals surface area contributed by atoms with E-state index >= 15 is 0 Å². The first-order valence-electron chi connectivity index (χ1n) is 6.36. The van der Waals surface area contributed by atoms with Gasteiger partial charge in [-0.05, 0) is 17.7 Å². The van der Waals surface area contributed by atoms with Crippen molar-refractivity contribution < 1.29 is 9.59 Å². The van der Waals surface area contributed by atoms with E-state index in [1.54, 1.807) is 24.3 Å². The van der Waals surface area contributed by atoms with Gasteiger partial charge in [0.1, 0.15) is 6.04 Å². The van der Waals surface area contributed by atoms with Gasteiger partial charge in [-0.15, -0.1) is 0 Å². The van der Waals surface area contributed by atoms with E-state index in [2.05, 4.69) is 5.32 Å². The molecule has 2 rings (SSSR count). The van der Waals surface area contributed by atoms with Crippen molar-refractivity contribution in [3.05, 3.63) is 71.8 Å². The summed E-state index contributed by atoms with van der Waals surface area (Å²) in [5, 5.41) is 2.67. The number of benzene rings is 2. The maximum atomic E-state index is 12.0. The molecule has 0 aliphatic rings. The Morgan fingerprint density at radius 2 is 1.50 bits per heavy atom. The van der Waals surface area contributed by atoms with Gasteiger partial charge in [0.25, 0.3) is 5.91 Å². The average Bonchev–Trinajstić information content (AvgIpc) is 2.48. The molecule has 0 aromatic heterocycles. The molecule has 0 aliphatic heterocycles. The van der Waals surface area contributed by atoms with Gasteiger partial charge in [0.05, 0.1) is 0 Å². The van der Waals surface area contributed by atoms with E-state index in [0.29, 0.717) is 12.0 Å². The van der Waals surface area contributed by atoms with Crippen molar-refractivity contribution in [1.82, 2.24) is 5.32 Å². The first-order chi connectivity index (χ1) is 9.66. The summed E-state index contributed by atoms with van der Waals surface area (Å²) in [4.78, 5) is 23.5. The van der Waals surface area contributed by atoms with Crippen LogP contribution in [0.5, 0.6) is 0 Å². The van der Waals surface area contributed by atoms with Gasteiger partial charge in [-0.2, -0.15) is 0 Å². The molecule has 2 aromatic carbocycles. The van der Waals surface area contributed by atoms with Crippen LogP contribution in [0.4, 0.5) is 0 Å². The molecule has 0 spiro atoms. The van der Waals surface area contributed by atoms with Gasteiger partial charge < -0.3 is 11.1 Å². The predicted molar refractivity (Wildman–Crippen MR) is 77.0 cm³/mol. The maximum Gasteiger partial charge on any atom is 0.251 e. The van der Waals surface area contributed by atoms with Gasteiger partial charge >= 0.3 is 0 Å². The van der Waals surface area contributed by atoms with Crippen LogP contribution in [0.25, 0.3) is 0 Å². The van der Waals surface area contributed by atoms with Crippen molar-refractivity contribution in [1.29, 1.82) is 0 Å². The molecule has 0 bridgehead atoms. The molecule has 0 heterocycles. The van der Waals surface area contributed by atoms with Crippen molar-refractivity contribution in [2.75, 3.05) is 0 Å². The van der Waals surface area contributed by atoms with Crippen LogP contribution >= 0.6 is 0 Å². The minimum Gasteiger partial charge on any atom is -0.368 e. The zero-order chi connectivity index (χ0) is 14.4. The number of nitrogens with two attached hydrogens (primary N) is 1. The zero-order valence-electron chi connectivity index (χ0n) is 11.0. The van der Waals surface area contributed by atoms with Crippen molar-refractivity contribution in [3.8, 4) is 0 Å². The SMILES string of the molecule is NC(=O)[C@H](Cc1ccccc1)NC(=O)c1ccccc1. The predicted octanol–water partition coefficient (Wildman–Crippen LogP) is 1.51. The van der Waals surface area contributed by atoms with Crippen LogP contribution in [-0.4, -0.2) is 17.9 Å². The third-order valence-corrected chi connectivity index (χ3v) is 2.97. The second-order valence-corrected chi connectivity index (χ2v) is 4.48. The highest BCUT2D eigenvalue weighted by atomic mass is 16.2. The Labute approximate surface area is 117 Å². The monoisotopic (exact) mass is 268 g/mol. The van der Waals surface area contributed by atoms with Crippen LogP contribution in [0.1, 0.15) is 15.9 Å². The summed E-state index contributed by atoms with van der Waals surface area (Å²) in [7, 11) is 0. The number of amides is 2. The van der Waals surface area contributed by atoms with Crippen molar-refractivity contribution >= 4 is 11.8 Å². The Bertz CT molecular complexity index is 582. The van der Waals surface area contributed by atoms with Gasteiger partial charge in [-0.25, -0.2) is 0 Å². The van der Waals surface area contributed by atoms with Crippen LogP contribution in [0.2, 0.25) is 0 Å². The minimum absolute atomic E-state index is 0.301. The molecule has 0 aliphatic carbocycles. The van der Waals surface area contributed by atoms with Gasteiger partial charge in [0.15, 0.2) is 0 Å². The maximum absolute atomic E-state index is 12.0. The van der Waals surface area contributed by atoms with Crippen LogP contribution < -0.4 is 11.1 Å². The molecule has 0 saturated heterocycles. The van der Waals surface area contributed by atoms with E-state index in [-0.39, 0.29) is 5.91 Å². The smallest absolute Gasteiger partial charge is 0.251 e. The highest BCUT2D eigenvalue weighted by Crippen LogP contribution is 2.05. The Hall–Kier alpha value is -2.62. The van der Waals surface area contributed by atoms with E-state index in [0.717, 1.165) is 5.56 Å². The molecular formula is C16H16N2O2. The van der Waals surface area contributed by atoms with E-state index < -0.39 is 11.9 Å². The van der Waals surface area contributed by atoms with Crippen molar-refractivity contribution in [2.45, 2.75) is 12.5 Å². The number of nitrogens with one attached hydrogen (secondary N) is 1. The fourth-order valence-corrected chi connectivity index (χ4v) is 1.90. The third-order valence-electron chi connectivity index (χ3n) is 2.97. The number of rotatable bonds is 5. The lowest BCUT2D eigenvalue weighted by Gasteiger charge is -2.15. The van der Waals surface area contributed by atoms with E-state index in [1.165, 1.54) is 0 Å². The summed E-state index contributed by atoms with van der Waals surface area (Å²) in [6.07, 6.45) is 0.384. The van der Waals surface area contributed by atoms with Gasteiger partial charge in [0, 0.05) is 12.0 Å². The minimum atomic E-state index is -0.717. The molecule has 0 unspecified atom stereocenters. The van der Waals surface area contributed by atoms with Crippen LogP contribution in [0, 0.1) is 0 Å². The van der Waals surface area contributed by atoms with Gasteiger partial charge in [0.2, 0.25) is 5.91 Å². The van der Waals surface area contributed by atoms with E-state index in [1.807, 2.05) is 36.4 Å². The van der Waals surface area contributed by atoms with Gasteiger partial charge in [-0.1, -0.05) is 48.5 Å². The molecule has 102 valence electrons. The Morgan fingerprint density at radius 1 is 0.950 bits per heavy atom. The molecule has 0 fully saturated rings. The molecule has 0 saturated carbocycles. The summed E-state index contributed by atoms with van der Waals surface area (Å²) >= 11 is 0. The average molecular weight is 268 g/mol. The summed E-state index contributed by atoms with van der Waals surface area (Å²) < 4.78 is 0. The number of carbonyl (C=O) groups excluding carboxylic acids is 2. The normalized spacial score (nSPS) is 11.6. The standard InChI is InChI=1S/C16H16N2O2/c17-15(19)14(11-12-7-3-1-4-8-12)18-16(20)13-9-5-2-6-10-13/h1-10,14H,11H2,(H2,17,19)(H,18,20)/t14-/m0/s1. The van der Waals surface area contributed by atoms with Crippen LogP contribution in [0.15, 0.2) is 60.7 Å². The summed E-state index contributed by atoms with van der Waals surface area (Å²) in [5.41, 5.74) is 6.81. The zero-order valence-corrected chi connectivity index (χ0v) is 11.0. The Balaban J connectivity index is 2.07. The molecule has 20 heavy (non-hydrogen) atoms. The molecule has 0 radical (unpaired) electrons. The van der Waals surface area contributed by atoms with Crippen LogP contribution in [-0.2, 0) is 11.2 Å². The summed E-state index contributed by atoms with van der Waals surface area (Å²) in [6.45, 7) is 0. The molecule has 1 atom stereocenters. The van der Waals surface area contributed by atoms with Crippen LogP contribution in [0.3, 0.4) is 0 Å². The lowest BCUT2D eigenvalue weighted by molar-refractivity contribution is -0.119. The topological polar surface area (TPSA) is 72.2 Å². The van der Waals surface area contributed by atoms with Crippen molar-refractivity contribution in [3.63, 3.8) is 0 Å². The quantitative estimate of drug-likeness (QED) is 0.862. The summed E-state index contributed by atoms with van der Waals surface area (Å²) in [5.74, 6) is -0.844. The molecule has 2 aromatic rings. The molecule has 4 nitrogen and oxygen atoms in total. The Morgan fingerprint density at radius 3 is 2.05 bits per heavy atom. The second-order valence-electron chi connectivity index (χ2n) is 4.48. The lowest BCUT2D eigenvalue weighted by Crippen LogP contribution is -2.45. The highest BCUT2D eigenvalue weighted by molar-refractivity contribution is 5.97. The second kappa shape index (κ2) is 6.52. The lowest BCUT2D eigenvalue weighted by atomic mass is 10.0. The molecular weight excluding hydrogens is 252 g/mol. The number of hydrogen-bond acceptors (Lipinski definition) is 2. The number of primary amides is 1. The van der Waals surface area contributed by atoms with Gasteiger partial charge in [-0.3, -0.25) is 9.59 Å². The number of carbonyl (C=O) groups is 2. The number of hydrogen-bond donors (Lipinski definition) is 2. The fraction of sp³-hybridized carbons (Fsp3) is 0.125. The Kier molecular flexibility index (Phi) is 4.50. The van der Waals surface area contributed by atoms with E-state index in [4.69, 9.17) is 5.73 Å². The molecule has 2 amide bonds. The largest absolute Gasteiger partial charge is 0.368 e. The van der Waals surface area contributed by atoms with Crippen molar-refractivity contribution in [2.24, 2.45) is 5.73 Å². The molecule has 3 N–H and O–H groups in total. The first kappa shape index (κ1) is 13.8. The van der Waals surface area contributed by atoms with E-state index in [9.17, 15) is 9.59 Å². The first-order valence-corrected chi connectivity index (χ1v) is 6.36.